The number of hydrogen-bond donors (Lipinski definition) is 1. The number of nitrogens with zero attached hydrogens (tertiary/aromatic N) is 5. The van der Waals surface area contributed by atoms with Crippen LogP contribution in [0.15, 0.2) is 82.4 Å². The van der Waals surface area contributed by atoms with Crippen molar-refractivity contribution >= 4 is 22.5 Å². The van der Waals surface area contributed by atoms with Crippen molar-refractivity contribution in [1.29, 1.82) is 0 Å². The second-order valence-electron chi connectivity index (χ2n) is 6.74. The topological polar surface area (TPSA) is 95.7 Å². The van der Waals surface area contributed by atoms with Gasteiger partial charge < -0.3 is 10.3 Å². The Morgan fingerprint density at radius 2 is 1.63 bits per heavy atom. The first kappa shape index (κ1) is 18.4. The summed E-state index contributed by atoms with van der Waals surface area (Å²) in [5, 5.41) is 19.7. The summed E-state index contributed by atoms with van der Waals surface area (Å²) in [7, 11) is 0. The molecule has 0 aliphatic heterocycles. The van der Waals surface area contributed by atoms with Gasteiger partial charge in [0.05, 0.1) is 5.75 Å². The van der Waals surface area contributed by atoms with Gasteiger partial charge in [-0.05, 0) is 28.5 Å². The van der Waals surface area contributed by atoms with Gasteiger partial charge in [0.15, 0.2) is 5.82 Å². The first-order chi connectivity index (χ1) is 14.8. The Kier molecular flexibility index (Phi) is 4.90. The highest BCUT2D eigenvalue weighted by atomic mass is 32.2. The first-order valence-corrected chi connectivity index (χ1v) is 10.4. The van der Waals surface area contributed by atoms with Crippen LogP contribution in [0.25, 0.3) is 22.2 Å². The van der Waals surface area contributed by atoms with Crippen molar-refractivity contribution in [3.05, 3.63) is 90.1 Å². The lowest BCUT2D eigenvalue weighted by Crippen LogP contribution is -2.14. The molecule has 2 N–H and O–H groups in total. The molecule has 0 bridgehead atoms. The van der Waals surface area contributed by atoms with Gasteiger partial charge in [-0.25, -0.2) is 4.68 Å². The molecule has 0 saturated heterocycles. The van der Waals surface area contributed by atoms with Crippen molar-refractivity contribution in [2.24, 2.45) is 0 Å². The van der Waals surface area contributed by atoms with E-state index in [0.29, 0.717) is 34.9 Å². The van der Waals surface area contributed by atoms with Crippen LogP contribution in [0.4, 0.5) is 0 Å². The van der Waals surface area contributed by atoms with E-state index in [1.807, 2.05) is 48.5 Å². The number of nitrogens with two attached hydrogens (primary N) is 1. The number of rotatable bonds is 6. The quantitative estimate of drug-likeness (QED) is 0.330. The van der Waals surface area contributed by atoms with E-state index < -0.39 is 0 Å². The fourth-order valence-electron chi connectivity index (χ4n) is 3.28. The third-order valence-corrected chi connectivity index (χ3v) is 5.70. The molecule has 0 aliphatic carbocycles. The van der Waals surface area contributed by atoms with Gasteiger partial charge in [-0.1, -0.05) is 72.4 Å². The van der Waals surface area contributed by atoms with E-state index in [1.54, 1.807) is 0 Å². The Morgan fingerprint density at radius 3 is 2.53 bits per heavy atom. The lowest BCUT2D eigenvalue weighted by molar-refractivity contribution is 0.528. The second-order valence-corrected chi connectivity index (χ2v) is 7.68. The van der Waals surface area contributed by atoms with Gasteiger partial charge in [0.25, 0.3) is 0 Å². The maximum absolute atomic E-state index is 6.26. The molecule has 7 nitrogen and oxygen atoms in total. The fourth-order valence-corrected chi connectivity index (χ4v) is 3.99. The molecule has 8 heteroatoms. The number of aromatic nitrogens is 5. The van der Waals surface area contributed by atoms with Crippen molar-refractivity contribution < 1.29 is 4.42 Å². The third kappa shape index (κ3) is 3.65. The number of fused-ring (bicyclic) bond motifs is 1. The van der Waals surface area contributed by atoms with Gasteiger partial charge in [0.1, 0.15) is 0 Å². The van der Waals surface area contributed by atoms with Crippen LogP contribution in [0.2, 0.25) is 0 Å². The fraction of sp³-hybridized carbons (Fsp3) is 0.0909. The van der Waals surface area contributed by atoms with Gasteiger partial charge in [-0.3, -0.25) is 0 Å². The van der Waals surface area contributed by atoms with Crippen molar-refractivity contribution in [3.8, 4) is 11.5 Å². The summed E-state index contributed by atoms with van der Waals surface area (Å²) in [5.74, 6) is 8.43. The molecule has 0 fully saturated rings. The molecule has 0 amide bonds. The predicted octanol–water partition coefficient (Wildman–Crippen LogP) is 4.08. The maximum atomic E-state index is 6.26. The lowest BCUT2D eigenvalue weighted by atomic mass is 10.0. The van der Waals surface area contributed by atoms with Gasteiger partial charge in [0, 0.05) is 12.0 Å². The first-order valence-electron chi connectivity index (χ1n) is 9.44. The van der Waals surface area contributed by atoms with Crippen LogP contribution >= 0.6 is 11.8 Å². The molecule has 0 radical (unpaired) electrons. The van der Waals surface area contributed by atoms with E-state index in [9.17, 15) is 0 Å². The van der Waals surface area contributed by atoms with Crippen LogP contribution in [-0.4, -0.2) is 25.1 Å². The Labute approximate surface area is 176 Å². The lowest BCUT2D eigenvalue weighted by Gasteiger charge is -2.06. The molecule has 0 atom stereocenters. The molecule has 3 aromatic carbocycles. The highest BCUT2D eigenvalue weighted by Crippen LogP contribution is 2.25. The third-order valence-electron chi connectivity index (χ3n) is 4.78. The molecule has 2 heterocycles. The van der Waals surface area contributed by atoms with Crippen LogP contribution in [0.5, 0.6) is 0 Å². The molecule has 148 valence electrons. The largest absolute Gasteiger partial charge is 0.420 e. The van der Waals surface area contributed by atoms with E-state index in [-0.39, 0.29) is 0 Å². The van der Waals surface area contributed by atoms with E-state index in [4.69, 9.17) is 10.3 Å². The summed E-state index contributed by atoms with van der Waals surface area (Å²) >= 11 is 1.41. The average Bonchev–Trinajstić information content (AvgIpc) is 3.40. The SMILES string of the molecule is Nn1c(Cc2cccc3ccccc23)nnc1SCc1nnc(-c2ccccc2)o1. The molecule has 30 heavy (non-hydrogen) atoms. The van der Waals surface area contributed by atoms with Gasteiger partial charge in [0.2, 0.25) is 16.9 Å². The Morgan fingerprint density at radius 1 is 0.833 bits per heavy atom. The number of hydrogen-bond acceptors (Lipinski definition) is 7. The Hall–Kier alpha value is -3.65. The molecule has 0 spiro atoms. The van der Waals surface area contributed by atoms with Crippen molar-refractivity contribution in [1.82, 2.24) is 25.1 Å². The predicted molar refractivity (Wildman–Crippen MR) is 116 cm³/mol. The molecule has 0 saturated carbocycles. The van der Waals surface area contributed by atoms with E-state index in [0.717, 1.165) is 11.1 Å². The Balaban J connectivity index is 1.30. The summed E-state index contributed by atoms with van der Waals surface area (Å²) in [6.07, 6.45) is 0.601. The monoisotopic (exact) mass is 414 g/mol. The molecule has 5 rings (SSSR count). The highest BCUT2D eigenvalue weighted by Gasteiger charge is 2.14. The number of benzene rings is 3. The summed E-state index contributed by atoms with van der Waals surface area (Å²) in [5.41, 5.74) is 2.05. The van der Waals surface area contributed by atoms with Crippen LogP contribution in [-0.2, 0) is 12.2 Å². The standard InChI is InChI=1S/C22H18N6OS/c23-28-19(13-17-11-6-10-15-7-4-5-12-18(15)17)24-27-22(28)30-14-20-25-26-21(29-20)16-8-2-1-3-9-16/h1-12H,13-14,23H2. The minimum atomic E-state index is 0.462. The molecule has 0 aliphatic rings. The van der Waals surface area contributed by atoms with Crippen LogP contribution in [0, 0.1) is 0 Å². The maximum Gasteiger partial charge on any atom is 0.247 e. The van der Waals surface area contributed by atoms with E-state index in [1.165, 1.54) is 27.2 Å². The van der Waals surface area contributed by atoms with E-state index in [2.05, 4.69) is 44.7 Å². The number of thioether (sulfide) groups is 1. The highest BCUT2D eigenvalue weighted by molar-refractivity contribution is 7.98. The molecule has 2 aromatic heterocycles. The average molecular weight is 414 g/mol. The summed E-state index contributed by atoms with van der Waals surface area (Å²) in [6.45, 7) is 0. The summed E-state index contributed by atoms with van der Waals surface area (Å²) in [4.78, 5) is 0. The molecular weight excluding hydrogens is 396 g/mol. The molecule has 0 unspecified atom stereocenters. The van der Waals surface area contributed by atoms with Gasteiger partial charge >= 0.3 is 0 Å². The molecule has 5 aromatic rings. The van der Waals surface area contributed by atoms with Crippen LogP contribution in [0.1, 0.15) is 17.3 Å². The Bertz CT molecular complexity index is 1290. The normalized spacial score (nSPS) is 11.2. The van der Waals surface area contributed by atoms with Crippen molar-refractivity contribution in [3.63, 3.8) is 0 Å². The minimum Gasteiger partial charge on any atom is -0.420 e. The van der Waals surface area contributed by atoms with Crippen LogP contribution in [0.3, 0.4) is 0 Å². The van der Waals surface area contributed by atoms with Gasteiger partial charge in [-0.15, -0.1) is 20.4 Å². The van der Waals surface area contributed by atoms with Gasteiger partial charge in [-0.2, -0.15) is 0 Å². The van der Waals surface area contributed by atoms with Crippen molar-refractivity contribution in [2.45, 2.75) is 17.3 Å². The van der Waals surface area contributed by atoms with Crippen molar-refractivity contribution in [2.75, 3.05) is 5.84 Å². The zero-order valence-corrected chi connectivity index (χ0v) is 16.8. The molecular formula is C22H18N6OS. The summed E-state index contributed by atoms with van der Waals surface area (Å²) < 4.78 is 7.27. The van der Waals surface area contributed by atoms with E-state index >= 15 is 0 Å². The number of nitrogen functional groups attached to an aromatic ring is 1. The zero-order valence-electron chi connectivity index (χ0n) is 16.0. The van der Waals surface area contributed by atoms with Crippen LogP contribution < -0.4 is 5.84 Å². The minimum absolute atomic E-state index is 0.462. The summed E-state index contributed by atoms with van der Waals surface area (Å²) in [6, 6.07) is 24.2. The smallest absolute Gasteiger partial charge is 0.247 e. The second kappa shape index (κ2) is 8.00. The zero-order chi connectivity index (χ0) is 20.3.